The third kappa shape index (κ3) is 11.7. The summed E-state index contributed by atoms with van der Waals surface area (Å²) >= 11 is 0. The SMILES string of the molecule is Nc1cc(S(=O)(=O)[O-])cc2cc(S(=O)(=O)[O-])c(N=Nc3ccc(-c4ccc(N=Nc5c(S(=O)(=O)[O-])cc6cc(S(=O)(=O)[O-])cc(N)c6c5O)cc4)cc3)c(O)c12.[Na+].[Na+].[Na+].[Na+]. The molecule has 0 aliphatic heterocycles. The van der Waals surface area contributed by atoms with Crippen LogP contribution in [0.4, 0.5) is 34.1 Å². The smallest absolute Gasteiger partial charge is 0.744 e. The van der Waals surface area contributed by atoms with Crippen LogP contribution in [0.5, 0.6) is 11.5 Å². The van der Waals surface area contributed by atoms with Crippen LogP contribution in [-0.2, 0) is 40.5 Å². The van der Waals surface area contributed by atoms with Gasteiger partial charge < -0.3 is 39.9 Å². The van der Waals surface area contributed by atoms with Gasteiger partial charge in [-0.2, -0.15) is 10.2 Å². The maximum Gasteiger partial charge on any atom is 1.00 e. The first kappa shape index (κ1) is 54.0. The number of phenolic OH excluding ortho intramolecular Hbond substituents is 2. The van der Waals surface area contributed by atoms with Crippen molar-refractivity contribution >= 4 is 96.1 Å². The molecule has 0 amide bonds. The number of benzene rings is 6. The van der Waals surface area contributed by atoms with Crippen LogP contribution in [0, 0.1) is 0 Å². The molecule has 0 saturated carbocycles. The Bertz CT molecular complexity index is 2960. The fourth-order valence-corrected chi connectivity index (χ4v) is 7.88. The summed E-state index contributed by atoms with van der Waals surface area (Å²) in [5, 5.41) is 35.7. The molecule has 20 nitrogen and oxygen atoms in total. The monoisotopic (exact) mass is 932 g/mol. The maximum atomic E-state index is 12.1. The van der Waals surface area contributed by atoms with Gasteiger partial charge in [-0.3, -0.25) is 0 Å². The minimum absolute atomic E-state index is 0. The molecule has 6 aromatic carbocycles. The van der Waals surface area contributed by atoms with Crippen LogP contribution < -0.4 is 130 Å². The largest absolute Gasteiger partial charge is 1.00 e. The second-order valence-electron chi connectivity index (χ2n) is 11.7. The number of nitrogen functional groups attached to an aromatic ring is 2. The summed E-state index contributed by atoms with van der Waals surface area (Å²) in [5.41, 5.74) is 10.6. The van der Waals surface area contributed by atoms with Gasteiger partial charge in [0, 0.05) is 22.1 Å². The van der Waals surface area contributed by atoms with Crippen LogP contribution in [-0.4, -0.2) is 62.1 Å². The van der Waals surface area contributed by atoms with E-state index in [9.17, 15) is 62.1 Å². The van der Waals surface area contributed by atoms with E-state index in [2.05, 4.69) is 20.5 Å². The molecule has 0 atom stereocenters. The van der Waals surface area contributed by atoms with Gasteiger partial charge in [-0.25, -0.2) is 33.7 Å². The van der Waals surface area contributed by atoms with E-state index in [4.69, 9.17) is 11.5 Å². The van der Waals surface area contributed by atoms with Crippen LogP contribution in [0.1, 0.15) is 0 Å². The zero-order chi connectivity index (χ0) is 41.1. The van der Waals surface area contributed by atoms with Crippen molar-refractivity contribution in [2.45, 2.75) is 19.6 Å². The molecule has 0 aromatic heterocycles. The van der Waals surface area contributed by atoms with Gasteiger partial charge in [-0.05, 0) is 82.6 Å². The fourth-order valence-electron chi connectivity index (χ4n) is 5.50. The maximum absolute atomic E-state index is 12.1. The number of hydrogen-bond acceptors (Lipinski definition) is 20. The Morgan fingerprint density at radius 1 is 0.433 bits per heavy atom. The average Bonchev–Trinajstić information content (AvgIpc) is 3.09. The van der Waals surface area contributed by atoms with Crippen LogP contribution in [0.25, 0.3) is 32.7 Å². The Labute approximate surface area is 429 Å². The van der Waals surface area contributed by atoms with Crippen LogP contribution in [0.3, 0.4) is 0 Å². The van der Waals surface area contributed by atoms with Gasteiger partial charge in [-0.15, -0.1) is 10.2 Å². The van der Waals surface area contributed by atoms with Crippen LogP contribution >= 0.6 is 0 Å². The summed E-state index contributed by atoms with van der Waals surface area (Å²) < 4.78 is 141. The normalized spacial score (nSPS) is 12.1. The predicted octanol–water partition coefficient (Wildman–Crippen LogP) is -7.30. The first-order valence-electron chi connectivity index (χ1n) is 15.0. The number of hydrogen-bond donors (Lipinski definition) is 4. The Kier molecular flexibility index (Phi) is 18.1. The molecule has 28 heteroatoms. The van der Waals surface area contributed by atoms with Gasteiger partial charge in [0.05, 0.1) is 31.0 Å². The third-order valence-electron chi connectivity index (χ3n) is 8.02. The van der Waals surface area contributed by atoms with E-state index >= 15 is 0 Å². The number of rotatable bonds is 9. The number of nitrogens with zero attached hydrogens (tertiary/aromatic N) is 4. The predicted molar refractivity (Wildman–Crippen MR) is 192 cm³/mol. The summed E-state index contributed by atoms with van der Waals surface area (Å²) in [5.74, 6) is -1.83. The fraction of sp³-hybridized carbons (Fsp3) is 0. The topological polar surface area (TPSA) is 371 Å². The van der Waals surface area contributed by atoms with E-state index in [1.165, 1.54) is 24.3 Å². The van der Waals surface area contributed by atoms with Crippen molar-refractivity contribution in [2.24, 2.45) is 20.5 Å². The summed E-state index contributed by atoms with van der Waals surface area (Å²) in [6.07, 6.45) is 0. The molecule has 6 rings (SSSR count). The van der Waals surface area contributed by atoms with Gasteiger partial charge in [-0.1, -0.05) is 24.3 Å². The van der Waals surface area contributed by atoms with Crippen molar-refractivity contribution in [3.8, 4) is 22.6 Å². The average molecular weight is 933 g/mol. The van der Waals surface area contributed by atoms with Crippen molar-refractivity contribution in [3.63, 3.8) is 0 Å². The van der Waals surface area contributed by atoms with Crippen molar-refractivity contribution in [2.75, 3.05) is 11.5 Å². The van der Waals surface area contributed by atoms with E-state index in [1.54, 1.807) is 24.3 Å². The van der Waals surface area contributed by atoms with Gasteiger partial charge in [0.2, 0.25) is 0 Å². The Balaban J connectivity index is 0.00000310. The Morgan fingerprint density at radius 3 is 1.00 bits per heavy atom. The Hall–Kier alpha value is -2.12. The number of azo groups is 2. The van der Waals surface area contributed by atoms with Crippen molar-refractivity contribution in [1.82, 2.24) is 0 Å². The first-order chi connectivity index (χ1) is 25.9. The van der Waals surface area contributed by atoms with E-state index in [1.807, 2.05) is 0 Å². The molecule has 0 aliphatic rings. The molecule has 6 N–H and O–H groups in total. The van der Waals surface area contributed by atoms with Gasteiger partial charge >= 0.3 is 118 Å². The molecule has 0 radical (unpaired) electrons. The number of fused-ring (bicyclic) bond motifs is 2. The molecule has 0 bridgehead atoms. The molecular formula is C32H20N6Na4O14S4. The van der Waals surface area contributed by atoms with Crippen molar-refractivity contribution in [1.29, 1.82) is 0 Å². The van der Waals surface area contributed by atoms with E-state index in [0.717, 1.165) is 24.3 Å². The Morgan fingerprint density at radius 2 is 0.733 bits per heavy atom. The molecule has 0 fully saturated rings. The molecule has 0 unspecified atom stereocenters. The van der Waals surface area contributed by atoms with Crippen molar-refractivity contribution in [3.05, 3.63) is 84.9 Å². The first-order valence-corrected chi connectivity index (χ1v) is 20.6. The minimum Gasteiger partial charge on any atom is -0.744 e. The zero-order valence-electron chi connectivity index (χ0n) is 31.5. The second kappa shape index (κ2) is 20.2. The third-order valence-corrected chi connectivity index (χ3v) is 11.3. The zero-order valence-corrected chi connectivity index (χ0v) is 42.7. The van der Waals surface area contributed by atoms with E-state index in [0.29, 0.717) is 23.3 Å². The summed E-state index contributed by atoms with van der Waals surface area (Å²) in [7, 11) is -20.8. The van der Waals surface area contributed by atoms with Crippen LogP contribution in [0.2, 0.25) is 0 Å². The molecule has 0 spiro atoms. The molecule has 0 heterocycles. The van der Waals surface area contributed by atoms with Gasteiger partial charge in [0.1, 0.15) is 51.8 Å². The summed E-state index contributed by atoms with van der Waals surface area (Å²) in [4.78, 5) is -3.80. The quantitative estimate of drug-likeness (QED) is 0.0453. The van der Waals surface area contributed by atoms with Crippen molar-refractivity contribution < 1.29 is 180 Å². The molecule has 6 aromatic rings. The summed E-state index contributed by atoms with van der Waals surface area (Å²) in [6, 6.07) is 16.4. The number of nitrogens with two attached hydrogens (primary N) is 2. The number of anilines is 2. The number of aromatic hydroxyl groups is 2. The van der Waals surface area contributed by atoms with E-state index < -0.39 is 94.3 Å². The summed E-state index contributed by atoms with van der Waals surface area (Å²) in [6.45, 7) is 0. The molecule has 0 saturated heterocycles. The van der Waals surface area contributed by atoms with Gasteiger partial charge in [0.15, 0.2) is 11.5 Å². The molecular weight excluding hydrogens is 913 g/mol. The molecule has 290 valence electrons. The second-order valence-corrected chi connectivity index (χ2v) is 17.1. The molecule has 60 heavy (non-hydrogen) atoms. The van der Waals surface area contributed by atoms with Gasteiger partial charge in [0.25, 0.3) is 0 Å². The van der Waals surface area contributed by atoms with E-state index in [-0.39, 0.29) is 151 Å². The number of phenols is 2. The van der Waals surface area contributed by atoms with Crippen LogP contribution in [0.15, 0.2) is 125 Å². The minimum atomic E-state index is -5.34. The molecule has 0 aliphatic carbocycles. The standard InChI is InChI=1S/C32H24N6O14S4.4Na/c33-23-13-21(53(41,42)43)9-17-11-25(55(47,48)49)29(31(39)27(17)23)37-35-19-5-1-15(2-6-19)16-3-7-20(8-4-16)36-38-30-26(56(50,51)52)12-18-10-22(54(44,45)46)14-24(34)28(18)32(30)40;;;;/h1-14,39-40H,33-34H2,(H,41,42,43)(H,44,45,46)(H,47,48,49)(H,50,51,52);;;;/q;4*+1/p-4.